The van der Waals surface area contributed by atoms with E-state index < -0.39 is 5.91 Å². The van der Waals surface area contributed by atoms with Gasteiger partial charge in [-0.1, -0.05) is 35.4 Å². The van der Waals surface area contributed by atoms with Crippen molar-refractivity contribution in [2.45, 2.75) is 34.3 Å². The molecule has 0 unspecified atom stereocenters. The number of aryl methyl sites for hydroxylation is 4. The maximum absolute atomic E-state index is 12.7. The second kappa shape index (κ2) is 11.0. The van der Waals surface area contributed by atoms with Crippen LogP contribution in [0.1, 0.15) is 33.4 Å². The number of halogens is 1. The third kappa shape index (κ3) is 6.27. The second-order valence-corrected chi connectivity index (χ2v) is 9.10. The summed E-state index contributed by atoms with van der Waals surface area (Å²) >= 11 is 3.54. The number of benzene rings is 3. The summed E-state index contributed by atoms with van der Waals surface area (Å²) in [5.41, 5.74) is 6.86. The van der Waals surface area contributed by atoms with Crippen LogP contribution in [-0.2, 0) is 11.4 Å². The molecule has 0 atom stereocenters. The van der Waals surface area contributed by atoms with Crippen molar-refractivity contribution in [2.24, 2.45) is 0 Å². The summed E-state index contributed by atoms with van der Waals surface area (Å²) in [4.78, 5) is 12.7. The molecule has 0 fully saturated rings. The molecule has 3 aromatic carbocycles. The van der Waals surface area contributed by atoms with Crippen molar-refractivity contribution in [1.82, 2.24) is 0 Å². The van der Waals surface area contributed by atoms with Crippen molar-refractivity contribution in [1.29, 1.82) is 5.26 Å². The third-order valence-corrected chi connectivity index (χ3v) is 5.95. The van der Waals surface area contributed by atoms with E-state index in [4.69, 9.17) is 9.47 Å². The first kappa shape index (κ1) is 25.1. The highest BCUT2D eigenvalue weighted by Gasteiger charge is 2.15. The highest BCUT2D eigenvalue weighted by molar-refractivity contribution is 9.10. The molecule has 1 N–H and O–H groups in total. The monoisotopic (exact) mass is 518 g/mol. The molecule has 0 heterocycles. The lowest BCUT2D eigenvalue weighted by Crippen LogP contribution is -2.13. The average molecular weight is 519 g/mol. The number of methoxy groups -OCH3 is 1. The fraction of sp³-hybridized carbons (Fsp3) is 0.214. The normalized spacial score (nSPS) is 11.0. The summed E-state index contributed by atoms with van der Waals surface area (Å²) in [6.45, 7) is 8.46. The Morgan fingerprint density at radius 2 is 1.74 bits per heavy atom. The Bertz CT molecular complexity index is 1290. The van der Waals surface area contributed by atoms with Gasteiger partial charge in [-0.05, 0) is 96.2 Å². The van der Waals surface area contributed by atoms with Gasteiger partial charge in [-0.2, -0.15) is 5.26 Å². The molecule has 5 nitrogen and oxygen atoms in total. The Morgan fingerprint density at radius 3 is 2.35 bits per heavy atom. The van der Waals surface area contributed by atoms with Gasteiger partial charge in [-0.25, -0.2) is 0 Å². The highest BCUT2D eigenvalue weighted by Crippen LogP contribution is 2.38. The Kier molecular flexibility index (Phi) is 8.14. The summed E-state index contributed by atoms with van der Waals surface area (Å²) < 4.78 is 12.2. The number of hydrogen-bond acceptors (Lipinski definition) is 4. The van der Waals surface area contributed by atoms with E-state index in [1.165, 1.54) is 17.2 Å². The minimum atomic E-state index is -0.476. The largest absolute Gasteiger partial charge is 0.493 e. The zero-order valence-corrected chi connectivity index (χ0v) is 21.5. The van der Waals surface area contributed by atoms with Crippen LogP contribution in [0.15, 0.2) is 58.6 Å². The highest BCUT2D eigenvalue weighted by atomic mass is 79.9. The van der Waals surface area contributed by atoms with Gasteiger partial charge < -0.3 is 14.8 Å². The number of nitrogens with zero attached hydrogens (tertiary/aromatic N) is 1. The van der Waals surface area contributed by atoms with Crippen LogP contribution in [0, 0.1) is 39.0 Å². The van der Waals surface area contributed by atoms with Crippen molar-refractivity contribution in [2.75, 3.05) is 12.4 Å². The summed E-state index contributed by atoms with van der Waals surface area (Å²) in [6, 6.07) is 17.4. The molecule has 174 valence electrons. The van der Waals surface area contributed by atoms with E-state index in [2.05, 4.69) is 53.3 Å². The minimum Gasteiger partial charge on any atom is -0.493 e. The molecule has 6 heteroatoms. The van der Waals surface area contributed by atoms with Gasteiger partial charge in [0.25, 0.3) is 5.91 Å². The van der Waals surface area contributed by atoms with Gasteiger partial charge in [0.05, 0.1) is 11.6 Å². The minimum absolute atomic E-state index is 0.0175. The van der Waals surface area contributed by atoms with Gasteiger partial charge in [0.1, 0.15) is 18.2 Å². The summed E-state index contributed by atoms with van der Waals surface area (Å²) in [7, 11) is 1.55. The lowest BCUT2D eigenvalue weighted by molar-refractivity contribution is -0.112. The number of nitrogens with one attached hydrogen (secondary N) is 1. The molecule has 0 spiro atoms. The van der Waals surface area contributed by atoms with Crippen LogP contribution in [0.25, 0.3) is 6.08 Å². The number of hydrogen-bond donors (Lipinski definition) is 1. The van der Waals surface area contributed by atoms with E-state index in [0.717, 1.165) is 16.7 Å². The standard InChI is InChI=1S/C28H27BrN2O3/c1-17-8-18(2)10-22(9-17)16-34-27-25(29)13-21(14-26(27)33-5)12-23(15-30)28(32)31-24-7-6-19(3)20(4)11-24/h6-14H,16H2,1-5H3,(H,31,32)/b23-12+. The van der Waals surface area contributed by atoms with E-state index in [9.17, 15) is 10.1 Å². The fourth-order valence-electron chi connectivity index (χ4n) is 3.60. The van der Waals surface area contributed by atoms with Crippen molar-refractivity contribution in [3.05, 3.63) is 92.0 Å². The molecule has 1 amide bonds. The molecule has 0 aliphatic heterocycles. The van der Waals surface area contributed by atoms with Crippen LogP contribution in [0.3, 0.4) is 0 Å². The van der Waals surface area contributed by atoms with Gasteiger partial charge in [0.2, 0.25) is 0 Å². The molecule has 0 aromatic heterocycles. The van der Waals surface area contributed by atoms with Gasteiger partial charge in [0, 0.05) is 5.69 Å². The molecule has 3 aromatic rings. The number of ether oxygens (including phenoxy) is 2. The molecule has 0 radical (unpaired) electrons. The molecular formula is C28H27BrN2O3. The van der Waals surface area contributed by atoms with E-state index in [-0.39, 0.29) is 5.57 Å². The number of carbonyl (C=O) groups is 1. The van der Waals surface area contributed by atoms with Gasteiger partial charge in [-0.15, -0.1) is 0 Å². The van der Waals surface area contributed by atoms with Gasteiger partial charge in [0.15, 0.2) is 11.5 Å². The lowest BCUT2D eigenvalue weighted by atomic mass is 10.1. The quantitative estimate of drug-likeness (QED) is 0.275. The predicted molar refractivity (Wildman–Crippen MR) is 139 cm³/mol. The lowest BCUT2D eigenvalue weighted by Gasteiger charge is -2.14. The number of amides is 1. The SMILES string of the molecule is COc1cc(/C=C(\C#N)C(=O)Nc2ccc(C)c(C)c2)cc(Br)c1OCc1cc(C)cc(C)c1. The molecule has 34 heavy (non-hydrogen) atoms. The summed E-state index contributed by atoms with van der Waals surface area (Å²) in [6.07, 6.45) is 1.53. The van der Waals surface area contributed by atoms with E-state index in [1.54, 1.807) is 19.2 Å². The first-order chi connectivity index (χ1) is 16.2. The van der Waals surface area contributed by atoms with Crippen LogP contribution in [0.4, 0.5) is 5.69 Å². The van der Waals surface area contributed by atoms with Crippen LogP contribution in [-0.4, -0.2) is 13.0 Å². The number of rotatable bonds is 7. The molecule has 0 saturated heterocycles. The van der Waals surface area contributed by atoms with Crippen LogP contribution >= 0.6 is 15.9 Å². The van der Waals surface area contributed by atoms with Crippen LogP contribution in [0.2, 0.25) is 0 Å². The van der Waals surface area contributed by atoms with Crippen LogP contribution in [0.5, 0.6) is 11.5 Å². The number of anilines is 1. The average Bonchev–Trinajstić information content (AvgIpc) is 2.78. The van der Waals surface area contributed by atoms with Gasteiger partial charge >= 0.3 is 0 Å². The molecule has 0 bridgehead atoms. The van der Waals surface area contributed by atoms with E-state index >= 15 is 0 Å². The molecule has 3 rings (SSSR count). The predicted octanol–water partition coefficient (Wildman–Crippen LogP) is 6.82. The zero-order valence-electron chi connectivity index (χ0n) is 20.0. The Morgan fingerprint density at radius 1 is 1.03 bits per heavy atom. The second-order valence-electron chi connectivity index (χ2n) is 8.24. The maximum Gasteiger partial charge on any atom is 0.266 e. The fourth-order valence-corrected chi connectivity index (χ4v) is 4.18. The van der Waals surface area contributed by atoms with Gasteiger partial charge in [-0.3, -0.25) is 4.79 Å². The Balaban J connectivity index is 1.82. The molecule has 0 aliphatic rings. The number of nitriles is 1. The zero-order chi connectivity index (χ0) is 24.8. The Labute approximate surface area is 209 Å². The first-order valence-corrected chi connectivity index (χ1v) is 11.6. The molecular weight excluding hydrogens is 492 g/mol. The van der Waals surface area contributed by atoms with Crippen molar-refractivity contribution < 1.29 is 14.3 Å². The Hall–Kier alpha value is -3.56. The van der Waals surface area contributed by atoms with Crippen molar-refractivity contribution >= 4 is 33.6 Å². The summed E-state index contributed by atoms with van der Waals surface area (Å²) in [5.74, 6) is 0.574. The summed E-state index contributed by atoms with van der Waals surface area (Å²) in [5, 5.41) is 12.4. The third-order valence-electron chi connectivity index (χ3n) is 5.36. The smallest absolute Gasteiger partial charge is 0.266 e. The number of carbonyl (C=O) groups excluding carboxylic acids is 1. The molecule has 0 saturated carbocycles. The maximum atomic E-state index is 12.7. The molecule has 0 aliphatic carbocycles. The van der Waals surface area contributed by atoms with Crippen LogP contribution < -0.4 is 14.8 Å². The van der Waals surface area contributed by atoms with Crippen molar-refractivity contribution in [3.8, 4) is 17.6 Å². The first-order valence-electron chi connectivity index (χ1n) is 10.8. The van der Waals surface area contributed by atoms with E-state index in [1.807, 2.05) is 38.1 Å². The van der Waals surface area contributed by atoms with Crippen molar-refractivity contribution in [3.63, 3.8) is 0 Å². The van der Waals surface area contributed by atoms with E-state index in [0.29, 0.717) is 33.8 Å². The topological polar surface area (TPSA) is 71.3 Å².